The molecule has 2 aromatic rings. The lowest BCUT2D eigenvalue weighted by atomic mass is 10.1. The number of rotatable bonds is 3. The summed E-state index contributed by atoms with van der Waals surface area (Å²) in [6.07, 6.45) is 0. The fraction of sp³-hybridized carbons (Fsp3) is 0.143. The maximum Gasteiger partial charge on any atom is 0.125 e. The number of aliphatic hydroxyl groups is 1. The zero-order valence-electron chi connectivity index (χ0n) is 9.90. The van der Waals surface area contributed by atoms with Crippen molar-refractivity contribution in [2.45, 2.75) is 6.61 Å². The molecule has 18 heavy (non-hydrogen) atoms. The molecule has 2 nitrogen and oxygen atoms in total. The van der Waals surface area contributed by atoms with Gasteiger partial charge in [0.05, 0.1) is 6.61 Å². The minimum Gasteiger partial charge on any atom is -0.392 e. The van der Waals surface area contributed by atoms with Crippen LogP contribution in [0.15, 0.2) is 42.5 Å². The first-order valence-electron chi connectivity index (χ1n) is 5.50. The SMILES string of the molecule is CN(c1cccc(F)c1)c1cc(Cl)ccc1CO. The molecule has 0 amide bonds. The van der Waals surface area contributed by atoms with Crippen molar-refractivity contribution in [1.82, 2.24) is 0 Å². The number of aliphatic hydroxyl groups excluding tert-OH is 1. The Morgan fingerprint density at radius 1 is 1.22 bits per heavy atom. The summed E-state index contributed by atoms with van der Waals surface area (Å²) in [5.74, 6) is -0.299. The average Bonchev–Trinajstić information content (AvgIpc) is 2.38. The Balaban J connectivity index is 2.44. The zero-order valence-corrected chi connectivity index (χ0v) is 10.7. The molecular formula is C14H13ClFNO. The number of hydrogen-bond acceptors (Lipinski definition) is 2. The second kappa shape index (κ2) is 5.38. The van der Waals surface area contributed by atoms with Crippen LogP contribution in [0.2, 0.25) is 5.02 Å². The highest BCUT2D eigenvalue weighted by Gasteiger charge is 2.10. The molecule has 0 aliphatic heterocycles. The van der Waals surface area contributed by atoms with E-state index in [9.17, 15) is 9.50 Å². The summed E-state index contributed by atoms with van der Waals surface area (Å²) in [7, 11) is 1.81. The molecule has 0 atom stereocenters. The largest absolute Gasteiger partial charge is 0.392 e. The predicted molar refractivity (Wildman–Crippen MR) is 71.8 cm³/mol. The van der Waals surface area contributed by atoms with Crippen molar-refractivity contribution in [2.75, 3.05) is 11.9 Å². The molecule has 0 fully saturated rings. The monoisotopic (exact) mass is 265 g/mol. The number of hydrogen-bond donors (Lipinski definition) is 1. The fourth-order valence-electron chi connectivity index (χ4n) is 1.81. The van der Waals surface area contributed by atoms with E-state index in [0.29, 0.717) is 10.7 Å². The summed E-state index contributed by atoms with van der Waals surface area (Å²) in [5.41, 5.74) is 2.20. The van der Waals surface area contributed by atoms with Gasteiger partial charge in [0.25, 0.3) is 0 Å². The van der Waals surface area contributed by atoms with Crippen LogP contribution in [0.25, 0.3) is 0 Å². The van der Waals surface area contributed by atoms with Gasteiger partial charge in [-0.05, 0) is 30.3 Å². The lowest BCUT2D eigenvalue weighted by Gasteiger charge is -2.22. The number of benzene rings is 2. The number of halogens is 2. The Morgan fingerprint density at radius 3 is 2.67 bits per heavy atom. The highest BCUT2D eigenvalue weighted by molar-refractivity contribution is 6.30. The molecule has 0 spiro atoms. The van der Waals surface area contributed by atoms with Crippen LogP contribution in [-0.4, -0.2) is 12.2 Å². The van der Waals surface area contributed by atoms with E-state index in [2.05, 4.69) is 0 Å². The van der Waals surface area contributed by atoms with Crippen LogP contribution in [0.3, 0.4) is 0 Å². The minimum absolute atomic E-state index is 0.0911. The Kier molecular flexibility index (Phi) is 3.84. The van der Waals surface area contributed by atoms with E-state index < -0.39 is 0 Å². The molecule has 0 heterocycles. The van der Waals surface area contributed by atoms with Crippen molar-refractivity contribution >= 4 is 23.0 Å². The van der Waals surface area contributed by atoms with E-state index >= 15 is 0 Å². The molecule has 4 heteroatoms. The first-order chi connectivity index (χ1) is 8.61. The molecule has 0 radical (unpaired) electrons. The molecule has 0 saturated carbocycles. The fourth-order valence-corrected chi connectivity index (χ4v) is 1.97. The van der Waals surface area contributed by atoms with Gasteiger partial charge in [0.1, 0.15) is 5.82 Å². The van der Waals surface area contributed by atoms with Gasteiger partial charge in [-0.15, -0.1) is 0 Å². The van der Waals surface area contributed by atoms with Crippen LogP contribution in [0.4, 0.5) is 15.8 Å². The van der Waals surface area contributed by atoms with Crippen molar-refractivity contribution in [3.05, 3.63) is 58.9 Å². The summed E-state index contributed by atoms with van der Waals surface area (Å²) >= 11 is 5.95. The quantitative estimate of drug-likeness (QED) is 0.914. The average molecular weight is 266 g/mol. The van der Waals surface area contributed by atoms with Crippen LogP contribution in [0, 0.1) is 5.82 Å². The van der Waals surface area contributed by atoms with Crippen LogP contribution in [0.1, 0.15) is 5.56 Å². The molecule has 0 unspecified atom stereocenters. The van der Waals surface area contributed by atoms with E-state index in [0.717, 1.165) is 11.3 Å². The van der Waals surface area contributed by atoms with E-state index in [1.165, 1.54) is 12.1 Å². The smallest absolute Gasteiger partial charge is 0.125 e. The minimum atomic E-state index is -0.299. The van der Waals surface area contributed by atoms with Crippen molar-refractivity contribution < 1.29 is 9.50 Å². The van der Waals surface area contributed by atoms with Gasteiger partial charge >= 0.3 is 0 Å². The van der Waals surface area contributed by atoms with Gasteiger partial charge in [0.2, 0.25) is 0 Å². The second-order valence-electron chi connectivity index (χ2n) is 3.97. The molecule has 0 saturated heterocycles. The number of anilines is 2. The molecule has 2 aromatic carbocycles. The molecule has 1 N–H and O–H groups in total. The van der Waals surface area contributed by atoms with Crippen molar-refractivity contribution in [3.8, 4) is 0 Å². The highest BCUT2D eigenvalue weighted by atomic mass is 35.5. The van der Waals surface area contributed by atoms with Crippen LogP contribution >= 0.6 is 11.6 Å². The van der Waals surface area contributed by atoms with Crippen LogP contribution in [-0.2, 0) is 6.61 Å². The highest BCUT2D eigenvalue weighted by Crippen LogP contribution is 2.30. The third-order valence-corrected chi connectivity index (χ3v) is 3.01. The standard InChI is InChI=1S/C14H13ClFNO/c1-17(13-4-2-3-12(16)8-13)14-7-11(15)6-5-10(14)9-18/h2-8,18H,9H2,1H3. The first-order valence-corrected chi connectivity index (χ1v) is 5.88. The second-order valence-corrected chi connectivity index (χ2v) is 4.41. The normalized spacial score (nSPS) is 10.4. The Bertz CT molecular complexity index is 559. The molecule has 0 aliphatic carbocycles. The first kappa shape index (κ1) is 12.9. The van der Waals surface area contributed by atoms with E-state index in [4.69, 9.17) is 11.6 Å². The summed E-state index contributed by atoms with van der Waals surface area (Å²) in [6, 6.07) is 11.5. The van der Waals surface area contributed by atoms with Gasteiger partial charge in [0, 0.05) is 29.0 Å². The number of nitrogens with zero attached hydrogens (tertiary/aromatic N) is 1. The third kappa shape index (κ3) is 2.63. The summed E-state index contributed by atoms with van der Waals surface area (Å²) in [6.45, 7) is -0.0911. The van der Waals surface area contributed by atoms with Crippen molar-refractivity contribution in [2.24, 2.45) is 0 Å². The summed E-state index contributed by atoms with van der Waals surface area (Å²) < 4.78 is 13.2. The third-order valence-electron chi connectivity index (χ3n) is 2.77. The maximum absolute atomic E-state index is 13.2. The molecular weight excluding hydrogens is 253 g/mol. The summed E-state index contributed by atoms with van der Waals surface area (Å²) in [4.78, 5) is 1.79. The Hall–Kier alpha value is -1.58. The van der Waals surface area contributed by atoms with E-state index in [-0.39, 0.29) is 12.4 Å². The van der Waals surface area contributed by atoms with Crippen LogP contribution < -0.4 is 4.90 Å². The molecule has 2 rings (SSSR count). The lowest BCUT2D eigenvalue weighted by Crippen LogP contribution is -2.12. The lowest BCUT2D eigenvalue weighted by molar-refractivity contribution is 0.282. The predicted octanol–water partition coefficient (Wildman–Crippen LogP) is 3.74. The van der Waals surface area contributed by atoms with Gasteiger partial charge in [-0.3, -0.25) is 0 Å². The van der Waals surface area contributed by atoms with Crippen LogP contribution in [0.5, 0.6) is 0 Å². The van der Waals surface area contributed by atoms with Gasteiger partial charge in [-0.2, -0.15) is 0 Å². The summed E-state index contributed by atoms with van der Waals surface area (Å²) in [5, 5.41) is 9.89. The van der Waals surface area contributed by atoms with Gasteiger partial charge in [-0.25, -0.2) is 4.39 Å². The Labute approximate surface area is 110 Å². The van der Waals surface area contributed by atoms with Gasteiger partial charge < -0.3 is 10.0 Å². The van der Waals surface area contributed by atoms with Crippen molar-refractivity contribution in [3.63, 3.8) is 0 Å². The molecule has 0 aliphatic rings. The maximum atomic E-state index is 13.2. The zero-order chi connectivity index (χ0) is 13.1. The molecule has 0 bridgehead atoms. The van der Waals surface area contributed by atoms with Gasteiger partial charge in [-0.1, -0.05) is 23.7 Å². The Morgan fingerprint density at radius 2 is 2.00 bits per heavy atom. The molecule has 94 valence electrons. The van der Waals surface area contributed by atoms with E-state index in [1.807, 2.05) is 0 Å². The molecule has 0 aromatic heterocycles. The van der Waals surface area contributed by atoms with Crippen molar-refractivity contribution in [1.29, 1.82) is 0 Å². The van der Waals surface area contributed by atoms with Gasteiger partial charge in [0.15, 0.2) is 0 Å². The van der Waals surface area contributed by atoms with E-state index in [1.54, 1.807) is 42.3 Å². The topological polar surface area (TPSA) is 23.5 Å².